The number of rotatable bonds is 10. The van der Waals surface area contributed by atoms with Crippen molar-refractivity contribution in [1.82, 2.24) is 35.2 Å². The smallest absolute Gasteiger partial charge is 0.191 e. The Labute approximate surface area is 196 Å². The van der Waals surface area contributed by atoms with E-state index in [9.17, 15) is 0 Å². The third-order valence-electron chi connectivity index (χ3n) is 5.08. The minimum absolute atomic E-state index is 0. The topological polar surface area (TPSA) is 94.2 Å². The summed E-state index contributed by atoms with van der Waals surface area (Å²) < 4.78 is 9.84. The highest BCUT2D eigenvalue weighted by Crippen LogP contribution is 2.11. The van der Waals surface area contributed by atoms with Crippen LogP contribution in [0.2, 0.25) is 0 Å². The SMILES string of the molecule is CCc1nncn1CCNC(=NCC1CCCO1)NCCCn1nc(C)cc1C.I. The molecule has 0 spiro atoms. The molecule has 0 aliphatic carbocycles. The van der Waals surface area contributed by atoms with Gasteiger partial charge in [-0.15, -0.1) is 34.2 Å². The van der Waals surface area contributed by atoms with Crippen LogP contribution in [0.4, 0.5) is 0 Å². The Hall–Kier alpha value is -1.69. The Morgan fingerprint density at radius 2 is 2.10 bits per heavy atom. The van der Waals surface area contributed by atoms with Crippen molar-refractivity contribution >= 4 is 29.9 Å². The molecule has 1 aliphatic rings. The van der Waals surface area contributed by atoms with Crippen LogP contribution in [-0.4, -0.2) is 62.8 Å². The monoisotopic (exact) mass is 530 g/mol. The maximum Gasteiger partial charge on any atom is 0.191 e. The molecule has 2 aromatic rings. The van der Waals surface area contributed by atoms with Crippen molar-refractivity contribution in [3.05, 3.63) is 29.6 Å². The molecule has 9 nitrogen and oxygen atoms in total. The number of nitrogens with one attached hydrogen (secondary N) is 2. The van der Waals surface area contributed by atoms with Crippen LogP contribution in [0.1, 0.15) is 43.4 Å². The first kappa shape index (κ1) is 24.6. The molecule has 0 aromatic carbocycles. The van der Waals surface area contributed by atoms with E-state index in [0.717, 1.165) is 75.9 Å². The van der Waals surface area contributed by atoms with Crippen molar-refractivity contribution in [1.29, 1.82) is 0 Å². The summed E-state index contributed by atoms with van der Waals surface area (Å²) in [7, 11) is 0. The summed E-state index contributed by atoms with van der Waals surface area (Å²) in [5.41, 5.74) is 2.27. The zero-order valence-corrected chi connectivity index (χ0v) is 20.6. The summed E-state index contributed by atoms with van der Waals surface area (Å²) in [6.45, 7) is 11.1. The Balaban J connectivity index is 0.00000320. The zero-order chi connectivity index (χ0) is 20.5. The highest BCUT2D eigenvalue weighted by atomic mass is 127. The van der Waals surface area contributed by atoms with Gasteiger partial charge in [0.25, 0.3) is 0 Å². The van der Waals surface area contributed by atoms with E-state index in [4.69, 9.17) is 9.73 Å². The molecule has 2 N–H and O–H groups in total. The van der Waals surface area contributed by atoms with Crippen molar-refractivity contribution in [2.24, 2.45) is 4.99 Å². The number of aromatic nitrogens is 5. The molecule has 1 saturated heterocycles. The zero-order valence-electron chi connectivity index (χ0n) is 18.3. The third kappa shape index (κ3) is 7.53. The van der Waals surface area contributed by atoms with E-state index in [1.165, 1.54) is 5.69 Å². The number of aliphatic imine (C=N–C) groups is 1. The molecule has 168 valence electrons. The second-order valence-electron chi connectivity index (χ2n) is 7.48. The van der Waals surface area contributed by atoms with E-state index in [2.05, 4.69) is 55.1 Å². The first-order valence-corrected chi connectivity index (χ1v) is 10.7. The number of halogens is 1. The number of hydrogen-bond acceptors (Lipinski definition) is 5. The predicted molar refractivity (Wildman–Crippen MR) is 128 cm³/mol. The van der Waals surface area contributed by atoms with Gasteiger partial charge in [-0.1, -0.05) is 6.92 Å². The Bertz CT molecular complexity index is 782. The van der Waals surface area contributed by atoms with Gasteiger partial charge in [0.05, 0.1) is 18.3 Å². The van der Waals surface area contributed by atoms with Gasteiger partial charge in [0, 0.05) is 44.9 Å². The number of hydrogen-bond donors (Lipinski definition) is 2. The lowest BCUT2D eigenvalue weighted by molar-refractivity contribution is 0.117. The molecule has 1 aliphatic heterocycles. The molecule has 10 heteroatoms. The maximum absolute atomic E-state index is 5.70. The van der Waals surface area contributed by atoms with Gasteiger partial charge < -0.3 is 19.9 Å². The van der Waals surface area contributed by atoms with E-state index >= 15 is 0 Å². The quantitative estimate of drug-likeness (QED) is 0.212. The predicted octanol–water partition coefficient (Wildman–Crippen LogP) is 2.08. The highest BCUT2D eigenvalue weighted by Gasteiger charge is 2.15. The highest BCUT2D eigenvalue weighted by molar-refractivity contribution is 14.0. The lowest BCUT2D eigenvalue weighted by Crippen LogP contribution is -2.40. The summed E-state index contributed by atoms with van der Waals surface area (Å²) in [6, 6.07) is 2.11. The summed E-state index contributed by atoms with van der Waals surface area (Å²) in [5.74, 6) is 1.84. The second kappa shape index (κ2) is 12.9. The minimum Gasteiger partial charge on any atom is -0.376 e. The van der Waals surface area contributed by atoms with Gasteiger partial charge in [-0.2, -0.15) is 5.10 Å². The standard InChI is InChI=1S/C20H34N8O.HI/c1-4-19-25-24-15-27(19)11-9-22-20(23-14-18-7-5-12-29-18)21-8-6-10-28-17(3)13-16(2)26-28;/h13,15,18H,4-12,14H2,1-3H3,(H2,21,22,23);1H. The van der Waals surface area contributed by atoms with Gasteiger partial charge >= 0.3 is 0 Å². The summed E-state index contributed by atoms with van der Waals surface area (Å²) >= 11 is 0. The van der Waals surface area contributed by atoms with Crippen LogP contribution in [0.25, 0.3) is 0 Å². The molecule has 3 heterocycles. The first-order valence-electron chi connectivity index (χ1n) is 10.7. The minimum atomic E-state index is 0. The summed E-state index contributed by atoms with van der Waals surface area (Å²) in [5, 5.41) is 19.5. The number of guanidine groups is 1. The molecular formula is C20H35IN8O. The molecule has 1 unspecified atom stereocenters. The van der Waals surface area contributed by atoms with Crippen LogP contribution in [0, 0.1) is 13.8 Å². The fourth-order valence-electron chi connectivity index (χ4n) is 3.53. The lowest BCUT2D eigenvalue weighted by Gasteiger charge is -2.15. The normalized spacial score (nSPS) is 16.5. The molecular weight excluding hydrogens is 495 g/mol. The molecule has 2 aromatic heterocycles. The molecule has 0 radical (unpaired) electrons. The van der Waals surface area contributed by atoms with Crippen molar-refractivity contribution in [2.45, 2.75) is 65.6 Å². The van der Waals surface area contributed by atoms with Gasteiger partial charge in [0.15, 0.2) is 5.96 Å². The Morgan fingerprint density at radius 1 is 1.27 bits per heavy atom. The molecule has 0 amide bonds. The molecule has 0 saturated carbocycles. The molecule has 0 bridgehead atoms. The van der Waals surface area contributed by atoms with E-state index in [1.54, 1.807) is 6.33 Å². The van der Waals surface area contributed by atoms with Crippen LogP contribution in [-0.2, 0) is 24.2 Å². The Morgan fingerprint density at radius 3 is 2.80 bits per heavy atom. The number of nitrogens with zero attached hydrogens (tertiary/aromatic N) is 6. The van der Waals surface area contributed by atoms with Crippen molar-refractivity contribution < 1.29 is 4.74 Å². The van der Waals surface area contributed by atoms with Crippen LogP contribution < -0.4 is 10.6 Å². The van der Waals surface area contributed by atoms with Crippen LogP contribution >= 0.6 is 24.0 Å². The van der Waals surface area contributed by atoms with E-state index in [-0.39, 0.29) is 30.1 Å². The summed E-state index contributed by atoms with van der Waals surface area (Å²) in [4.78, 5) is 4.74. The maximum atomic E-state index is 5.70. The van der Waals surface area contributed by atoms with Gasteiger partial charge in [0.2, 0.25) is 0 Å². The fourth-order valence-corrected chi connectivity index (χ4v) is 3.53. The average Bonchev–Trinajstić information content (AvgIpc) is 3.44. The fraction of sp³-hybridized carbons (Fsp3) is 0.700. The van der Waals surface area contributed by atoms with Crippen LogP contribution in [0.15, 0.2) is 17.4 Å². The van der Waals surface area contributed by atoms with Gasteiger partial charge in [-0.25, -0.2) is 0 Å². The van der Waals surface area contributed by atoms with Gasteiger partial charge in [-0.05, 0) is 39.2 Å². The summed E-state index contributed by atoms with van der Waals surface area (Å²) in [6.07, 6.45) is 6.11. The van der Waals surface area contributed by atoms with E-state index in [0.29, 0.717) is 6.54 Å². The van der Waals surface area contributed by atoms with Gasteiger partial charge in [-0.3, -0.25) is 9.67 Å². The molecule has 1 fully saturated rings. The lowest BCUT2D eigenvalue weighted by atomic mass is 10.2. The van der Waals surface area contributed by atoms with Crippen molar-refractivity contribution in [3.8, 4) is 0 Å². The van der Waals surface area contributed by atoms with Crippen molar-refractivity contribution in [3.63, 3.8) is 0 Å². The van der Waals surface area contributed by atoms with Crippen LogP contribution in [0.3, 0.4) is 0 Å². The van der Waals surface area contributed by atoms with Crippen molar-refractivity contribution in [2.75, 3.05) is 26.2 Å². The van der Waals surface area contributed by atoms with Crippen LogP contribution in [0.5, 0.6) is 0 Å². The largest absolute Gasteiger partial charge is 0.376 e. The van der Waals surface area contributed by atoms with E-state index in [1.807, 2.05) is 6.92 Å². The number of aryl methyl sites for hydroxylation is 4. The third-order valence-corrected chi connectivity index (χ3v) is 5.08. The molecule has 3 rings (SSSR count). The Kier molecular flexibility index (Phi) is 10.6. The molecule has 30 heavy (non-hydrogen) atoms. The number of ether oxygens (including phenoxy) is 1. The first-order chi connectivity index (χ1) is 14.2. The molecule has 1 atom stereocenters. The second-order valence-corrected chi connectivity index (χ2v) is 7.48. The average molecular weight is 530 g/mol. The van der Waals surface area contributed by atoms with E-state index < -0.39 is 0 Å². The van der Waals surface area contributed by atoms with Gasteiger partial charge in [0.1, 0.15) is 12.2 Å².